The molecule has 0 amide bonds. The van der Waals surface area contributed by atoms with E-state index >= 15 is 0 Å². The van der Waals surface area contributed by atoms with E-state index < -0.39 is 6.16 Å². The largest absolute Gasteiger partial charge is 0.511 e. The number of carbonyl (C=O) groups is 1. The maximum Gasteiger partial charge on any atom is 0.511 e. The van der Waals surface area contributed by atoms with Crippen LogP contribution in [-0.4, -0.2) is 41.6 Å². The fourth-order valence-corrected chi connectivity index (χ4v) is 3.68. The summed E-state index contributed by atoms with van der Waals surface area (Å²) < 4.78 is 18.5. The summed E-state index contributed by atoms with van der Waals surface area (Å²) in [5.41, 5.74) is 5.98. The molecule has 0 radical (unpaired) electrons. The van der Waals surface area contributed by atoms with Gasteiger partial charge in [0, 0.05) is 29.8 Å². The van der Waals surface area contributed by atoms with Crippen molar-refractivity contribution >= 4 is 23.7 Å². The maximum atomic E-state index is 12.1. The Labute approximate surface area is 208 Å². The van der Waals surface area contributed by atoms with Gasteiger partial charge in [0.2, 0.25) is 6.79 Å². The SMILES string of the molecule is C=CC(C)COC(=O)OCO/C(=C(\c1ccc(C(C)(C)C)cc1)C1C=N1)c1c(C)c(C)nn1CC. The third kappa shape index (κ3) is 6.41. The van der Waals surface area contributed by atoms with Crippen LogP contribution < -0.4 is 0 Å². The van der Waals surface area contributed by atoms with Gasteiger partial charge >= 0.3 is 6.16 Å². The zero-order valence-electron chi connectivity index (χ0n) is 21.9. The lowest BCUT2D eigenvalue weighted by atomic mass is 9.85. The van der Waals surface area contributed by atoms with E-state index in [0.717, 1.165) is 28.1 Å². The van der Waals surface area contributed by atoms with Gasteiger partial charge < -0.3 is 14.2 Å². The zero-order valence-corrected chi connectivity index (χ0v) is 21.9. The number of aliphatic imine (C=N–C) groups is 1. The van der Waals surface area contributed by atoms with Gasteiger partial charge in [-0.2, -0.15) is 5.10 Å². The topological polar surface area (TPSA) is 74.9 Å². The molecule has 2 heterocycles. The second-order valence-electron chi connectivity index (χ2n) is 9.87. The van der Waals surface area contributed by atoms with Crippen LogP contribution in [0.4, 0.5) is 4.79 Å². The highest BCUT2D eigenvalue weighted by Crippen LogP contribution is 2.37. The van der Waals surface area contributed by atoms with Gasteiger partial charge in [-0.25, -0.2) is 4.79 Å². The van der Waals surface area contributed by atoms with Crippen molar-refractivity contribution in [1.29, 1.82) is 0 Å². The van der Waals surface area contributed by atoms with Gasteiger partial charge in [0.25, 0.3) is 0 Å². The van der Waals surface area contributed by atoms with Gasteiger partial charge in [-0.1, -0.05) is 58.0 Å². The molecule has 35 heavy (non-hydrogen) atoms. The van der Waals surface area contributed by atoms with Crippen molar-refractivity contribution in [2.75, 3.05) is 13.4 Å². The Morgan fingerprint density at radius 3 is 2.37 bits per heavy atom. The van der Waals surface area contributed by atoms with E-state index in [1.165, 1.54) is 5.56 Å². The number of nitrogens with zero attached hydrogens (tertiary/aromatic N) is 3. The molecule has 3 rings (SSSR count). The van der Waals surface area contributed by atoms with Crippen LogP contribution in [0.3, 0.4) is 0 Å². The molecule has 0 saturated heterocycles. The summed E-state index contributed by atoms with van der Waals surface area (Å²) in [5, 5.41) is 4.67. The van der Waals surface area contributed by atoms with E-state index in [2.05, 4.69) is 61.7 Å². The fourth-order valence-electron chi connectivity index (χ4n) is 3.68. The summed E-state index contributed by atoms with van der Waals surface area (Å²) in [6, 6.07) is 8.37. The molecule has 1 aromatic carbocycles. The Kier molecular flexibility index (Phi) is 8.20. The second kappa shape index (κ2) is 10.9. The van der Waals surface area contributed by atoms with Crippen molar-refractivity contribution in [3.05, 3.63) is 65.0 Å². The first-order valence-corrected chi connectivity index (χ1v) is 12.0. The van der Waals surface area contributed by atoms with Crippen molar-refractivity contribution in [2.45, 2.75) is 66.5 Å². The van der Waals surface area contributed by atoms with Crippen molar-refractivity contribution in [1.82, 2.24) is 9.78 Å². The molecule has 0 fully saturated rings. The highest BCUT2D eigenvalue weighted by atomic mass is 16.8. The van der Waals surface area contributed by atoms with E-state index in [-0.39, 0.29) is 30.8 Å². The second-order valence-corrected chi connectivity index (χ2v) is 9.87. The third-order valence-electron chi connectivity index (χ3n) is 6.09. The maximum absolute atomic E-state index is 12.1. The minimum atomic E-state index is -0.784. The lowest BCUT2D eigenvalue weighted by Crippen LogP contribution is -2.16. The van der Waals surface area contributed by atoms with Gasteiger partial charge in [-0.3, -0.25) is 9.67 Å². The minimum Gasteiger partial charge on any atom is -0.455 e. The number of aryl methyl sites for hydroxylation is 2. The number of rotatable bonds is 10. The lowest BCUT2D eigenvalue weighted by molar-refractivity contribution is -0.00846. The molecular weight excluding hydrogens is 442 g/mol. The van der Waals surface area contributed by atoms with Crippen LogP contribution in [0.25, 0.3) is 11.3 Å². The Hall–Kier alpha value is -3.35. The molecule has 2 unspecified atom stereocenters. The molecule has 1 aliphatic rings. The van der Waals surface area contributed by atoms with Gasteiger partial charge in [-0.15, -0.1) is 6.58 Å². The number of hydrogen-bond acceptors (Lipinski definition) is 6. The average molecular weight is 480 g/mol. The van der Waals surface area contributed by atoms with E-state index in [0.29, 0.717) is 12.3 Å². The summed E-state index contributed by atoms with van der Waals surface area (Å²) in [6.07, 6.45) is 2.82. The first kappa shape index (κ1) is 26.3. The van der Waals surface area contributed by atoms with Crippen molar-refractivity contribution in [2.24, 2.45) is 10.9 Å². The van der Waals surface area contributed by atoms with E-state index in [1.54, 1.807) is 6.08 Å². The number of hydrogen-bond donors (Lipinski definition) is 0. The summed E-state index contributed by atoms with van der Waals surface area (Å²) in [6.45, 7) is 18.8. The number of ether oxygens (including phenoxy) is 3. The minimum absolute atomic E-state index is 0.0399. The van der Waals surface area contributed by atoms with E-state index in [1.807, 2.05) is 38.6 Å². The van der Waals surface area contributed by atoms with Crippen LogP contribution in [0, 0.1) is 19.8 Å². The predicted molar refractivity (Wildman–Crippen MR) is 139 cm³/mol. The van der Waals surface area contributed by atoms with Crippen LogP contribution in [-0.2, 0) is 26.2 Å². The Bertz CT molecular complexity index is 1110. The van der Waals surface area contributed by atoms with Crippen LogP contribution in [0.2, 0.25) is 0 Å². The Morgan fingerprint density at radius 2 is 1.83 bits per heavy atom. The standard InChI is InChI=1S/C28H37N3O4/c1-9-18(3)16-33-27(32)35-17-34-26(25-19(4)20(5)30-31(25)10-2)24(23-15-29-23)21-11-13-22(14-12-21)28(6,7)8/h9,11-15,18,23H,1,10,16-17H2,2-8H3/b26-24+. The van der Waals surface area contributed by atoms with Gasteiger partial charge in [0.1, 0.15) is 18.3 Å². The fraction of sp³-hybridized carbons (Fsp3) is 0.464. The molecule has 1 aromatic heterocycles. The highest BCUT2D eigenvalue weighted by molar-refractivity contribution is 6.04. The van der Waals surface area contributed by atoms with Gasteiger partial charge in [0.15, 0.2) is 5.76 Å². The Balaban J connectivity index is 1.98. The van der Waals surface area contributed by atoms with Gasteiger partial charge in [-0.05, 0) is 37.3 Å². The molecule has 7 heteroatoms. The number of benzene rings is 1. The van der Waals surface area contributed by atoms with E-state index in [4.69, 9.17) is 14.2 Å². The normalized spacial score (nSPS) is 16.4. The van der Waals surface area contributed by atoms with Crippen LogP contribution in [0.15, 0.2) is 41.9 Å². The first-order valence-electron chi connectivity index (χ1n) is 12.0. The molecule has 2 aromatic rings. The molecule has 188 valence electrons. The first-order chi connectivity index (χ1) is 16.6. The molecule has 7 nitrogen and oxygen atoms in total. The van der Waals surface area contributed by atoms with Gasteiger partial charge in [0.05, 0.1) is 5.69 Å². The monoisotopic (exact) mass is 479 g/mol. The summed E-state index contributed by atoms with van der Waals surface area (Å²) in [5.74, 6) is 0.640. The summed E-state index contributed by atoms with van der Waals surface area (Å²) in [7, 11) is 0. The van der Waals surface area contributed by atoms with Crippen LogP contribution in [0.1, 0.15) is 62.7 Å². The highest BCUT2D eigenvalue weighted by Gasteiger charge is 2.30. The molecule has 0 bridgehead atoms. The molecular formula is C28H37N3O4. The van der Waals surface area contributed by atoms with E-state index in [9.17, 15) is 4.79 Å². The summed E-state index contributed by atoms with van der Waals surface area (Å²) >= 11 is 0. The van der Waals surface area contributed by atoms with Crippen molar-refractivity contribution in [3.63, 3.8) is 0 Å². The average Bonchev–Trinajstić information content (AvgIpc) is 3.61. The molecule has 0 N–H and O–H groups in total. The molecule has 1 aliphatic heterocycles. The third-order valence-corrected chi connectivity index (χ3v) is 6.09. The molecule has 2 atom stereocenters. The molecule has 0 spiro atoms. The number of aromatic nitrogens is 2. The number of carbonyl (C=O) groups excluding carboxylic acids is 1. The van der Waals surface area contributed by atoms with Crippen molar-refractivity contribution < 1.29 is 19.0 Å². The Morgan fingerprint density at radius 1 is 1.17 bits per heavy atom. The zero-order chi connectivity index (χ0) is 25.8. The summed E-state index contributed by atoms with van der Waals surface area (Å²) in [4.78, 5) is 16.5. The van der Waals surface area contributed by atoms with Crippen LogP contribution >= 0.6 is 0 Å². The molecule has 0 saturated carbocycles. The molecule has 0 aliphatic carbocycles. The predicted octanol–water partition coefficient (Wildman–Crippen LogP) is 6.09. The smallest absolute Gasteiger partial charge is 0.455 e. The van der Waals surface area contributed by atoms with Crippen molar-refractivity contribution in [3.8, 4) is 0 Å². The lowest BCUT2D eigenvalue weighted by Gasteiger charge is -2.21. The quantitative estimate of drug-likeness (QED) is 0.178. The van der Waals surface area contributed by atoms with Crippen LogP contribution in [0.5, 0.6) is 0 Å².